The zero-order chi connectivity index (χ0) is 14.8. The highest BCUT2D eigenvalue weighted by Gasteiger charge is 2.22. The Balaban J connectivity index is 1.66. The fourth-order valence-corrected chi connectivity index (χ4v) is 6.08. The first-order chi connectivity index (χ1) is 10.1. The van der Waals surface area contributed by atoms with Gasteiger partial charge in [0.2, 0.25) is 5.16 Å². The Kier molecular flexibility index (Phi) is 5.13. The van der Waals surface area contributed by atoms with Crippen LogP contribution < -0.4 is 0 Å². The number of Topliss-reactive ketones (excluding diaryl/α,β-unsaturated/α-hetero) is 1. The number of halogens is 2. The lowest BCUT2D eigenvalue weighted by molar-refractivity contribution is 0.102. The average molecular weight is 452 g/mol. The molecule has 2 heterocycles. The van der Waals surface area contributed by atoms with E-state index >= 15 is 0 Å². The quantitative estimate of drug-likeness (QED) is 0.499. The molecule has 0 spiro atoms. The molecule has 0 radical (unpaired) electrons. The average Bonchev–Trinajstić information content (AvgIpc) is 3.15. The van der Waals surface area contributed by atoms with Crippen LogP contribution in [0, 0.1) is 0 Å². The van der Waals surface area contributed by atoms with Crippen molar-refractivity contribution in [2.45, 2.75) is 36.9 Å². The van der Waals surface area contributed by atoms with Crippen LogP contribution in [0.25, 0.3) is 0 Å². The number of aromatic nitrogens is 4. The van der Waals surface area contributed by atoms with Crippen LogP contribution in [0.2, 0.25) is 0 Å². The number of tetrazole rings is 1. The normalized spacial score (nSPS) is 15.7. The summed E-state index contributed by atoms with van der Waals surface area (Å²) in [6.07, 6.45) is 4.69. The van der Waals surface area contributed by atoms with E-state index in [1.165, 1.54) is 35.9 Å². The Morgan fingerprint density at radius 3 is 2.86 bits per heavy atom. The van der Waals surface area contributed by atoms with E-state index in [9.17, 15) is 4.79 Å². The van der Waals surface area contributed by atoms with Crippen LogP contribution in [0.4, 0.5) is 0 Å². The third-order valence-electron chi connectivity index (χ3n) is 3.42. The van der Waals surface area contributed by atoms with Gasteiger partial charge in [0.25, 0.3) is 0 Å². The molecule has 0 saturated heterocycles. The first kappa shape index (κ1) is 15.6. The number of thioether (sulfide) groups is 1. The standard InChI is InChI=1S/C12H12Br2N4OS2/c13-10-5-8(11(14)21-10)9(19)6-20-12-15-16-17-18(12)7-3-1-2-4-7/h5,7H,1-4,6H2. The topological polar surface area (TPSA) is 60.7 Å². The lowest BCUT2D eigenvalue weighted by Crippen LogP contribution is -2.10. The maximum atomic E-state index is 12.3. The summed E-state index contributed by atoms with van der Waals surface area (Å²) in [7, 11) is 0. The molecule has 0 amide bonds. The van der Waals surface area contributed by atoms with E-state index in [1.54, 1.807) is 0 Å². The molecule has 2 aromatic heterocycles. The van der Waals surface area contributed by atoms with E-state index in [4.69, 9.17) is 0 Å². The number of nitrogens with zero attached hydrogens (tertiary/aromatic N) is 4. The van der Waals surface area contributed by atoms with Crippen molar-refractivity contribution in [2.24, 2.45) is 0 Å². The van der Waals surface area contributed by atoms with Crippen molar-refractivity contribution in [3.05, 3.63) is 19.2 Å². The number of hydrogen-bond donors (Lipinski definition) is 0. The minimum absolute atomic E-state index is 0.0785. The molecule has 3 rings (SSSR count). The lowest BCUT2D eigenvalue weighted by Gasteiger charge is -2.10. The zero-order valence-electron chi connectivity index (χ0n) is 11.0. The van der Waals surface area contributed by atoms with Crippen LogP contribution in [0.15, 0.2) is 18.8 Å². The molecule has 1 fully saturated rings. The molecule has 0 atom stereocenters. The van der Waals surface area contributed by atoms with Gasteiger partial charge in [-0.1, -0.05) is 24.6 Å². The number of ketones is 1. The van der Waals surface area contributed by atoms with E-state index in [0.717, 1.165) is 25.6 Å². The van der Waals surface area contributed by atoms with Gasteiger partial charge in [0.1, 0.15) is 0 Å². The second-order valence-corrected chi connectivity index (χ2v) is 9.49. The van der Waals surface area contributed by atoms with Crippen LogP contribution in [-0.4, -0.2) is 31.7 Å². The maximum absolute atomic E-state index is 12.3. The summed E-state index contributed by atoms with van der Waals surface area (Å²) in [6.45, 7) is 0. The zero-order valence-corrected chi connectivity index (χ0v) is 15.8. The molecule has 0 aromatic carbocycles. The molecule has 9 heteroatoms. The van der Waals surface area contributed by atoms with Crippen molar-refractivity contribution in [3.63, 3.8) is 0 Å². The molecule has 2 aromatic rings. The van der Waals surface area contributed by atoms with E-state index in [0.29, 0.717) is 17.4 Å². The van der Waals surface area contributed by atoms with Gasteiger partial charge < -0.3 is 0 Å². The second-order valence-electron chi connectivity index (χ2n) is 4.79. The summed E-state index contributed by atoms with van der Waals surface area (Å²) in [4.78, 5) is 12.3. The summed E-state index contributed by atoms with van der Waals surface area (Å²) in [5.41, 5.74) is 0.708. The van der Waals surface area contributed by atoms with Gasteiger partial charge in [-0.05, 0) is 61.2 Å². The number of hydrogen-bond acceptors (Lipinski definition) is 6. The summed E-state index contributed by atoms with van der Waals surface area (Å²) in [5.74, 6) is 0.421. The summed E-state index contributed by atoms with van der Waals surface area (Å²) < 4.78 is 3.68. The van der Waals surface area contributed by atoms with Gasteiger partial charge in [0.05, 0.1) is 19.4 Å². The number of thiophene rings is 1. The predicted molar refractivity (Wildman–Crippen MR) is 90.1 cm³/mol. The fourth-order valence-electron chi connectivity index (χ4n) is 2.40. The highest BCUT2D eigenvalue weighted by Crippen LogP contribution is 2.34. The van der Waals surface area contributed by atoms with E-state index in [-0.39, 0.29) is 5.78 Å². The molecule has 1 saturated carbocycles. The Morgan fingerprint density at radius 1 is 1.43 bits per heavy atom. The molecule has 1 aliphatic carbocycles. The van der Waals surface area contributed by atoms with Crippen LogP contribution in [0.3, 0.4) is 0 Å². The SMILES string of the molecule is O=C(CSc1nnnn1C1CCCC1)c1cc(Br)sc1Br. The number of rotatable bonds is 5. The van der Waals surface area contributed by atoms with Crippen LogP contribution in [0.5, 0.6) is 0 Å². The largest absolute Gasteiger partial charge is 0.293 e. The van der Waals surface area contributed by atoms with Gasteiger partial charge in [0, 0.05) is 5.56 Å². The highest BCUT2D eigenvalue weighted by atomic mass is 79.9. The summed E-state index contributed by atoms with van der Waals surface area (Å²) in [5, 5.41) is 12.6. The van der Waals surface area contributed by atoms with Gasteiger partial charge in [-0.25, -0.2) is 4.68 Å². The van der Waals surface area contributed by atoms with Crippen molar-refractivity contribution in [2.75, 3.05) is 5.75 Å². The molecule has 0 unspecified atom stereocenters. The third-order valence-corrected chi connectivity index (χ3v) is 6.70. The fraction of sp³-hybridized carbons (Fsp3) is 0.500. The summed E-state index contributed by atoms with van der Waals surface area (Å²) >= 11 is 9.72. The maximum Gasteiger partial charge on any atom is 0.210 e. The molecule has 5 nitrogen and oxygen atoms in total. The van der Waals surface area contributed by atoms with Crippen molar-refractivity contribution in [1.82, 2.24) is 20.2 Å². The Morgan fingerprint density at radius 2 is 2.19 bits per heavy atom. The van der Waals surface area contributed by atoms with Crippen LogP contribution in [-0.2, 0) is 0 Å². The monoisotopic (exact) mass is 450 g/mol. The van der Waals surface area contributed by atoms with Crippen LogP contribution >= 0.6 is 55.0 Å². The van der Waals surface area contributed by atoms with Gasteiger partial charge in [0.15, 0.2) is 5.78 Å². The minimum Gasteiger partial charge on any atom is -0.293 e. The van der Waals surface area contributed by atoms with Crippen molar-refractivity contribution < 1.29 is 4.79 Å². The number of carbonyl (C=O) groups excluding carboxylic acids is 1. The molecular formula is C12H12Br2N4OS2. The highest BCUT2D eigenvalue weighted by molar-refractivity contribution is 9.12. The first-order valence-corrected chi connectivity index (χ1v) is 9.92. The molecule has 0 bridgehead atoms. The van der Waals surface area contributed by atoms with Crippen molar-refractivity contribution in [3.8, 4) is 0 Å². The predicted octanol–water partition coefficient (Wildman–Crippen LogP) is 4.35. The van der Waals surface area contributed by atoms with Crippen molar-refractivity contribution in [1.29, 1.82) is 0 Å². The van der Waals surface area contributed by atoms with Gasteiger partial charge >= 0.3 is 0 Å². The molecule has 112 valence electrons. The molecule has 0 N–H and O–H groups in total. The lowest BCUT2D eigenvalue weighted by atomic mass is 10.2. The Hall–Kier alpha value is -0.250. The van der Waals surface area contributed by atoms with Crippen LogP contribution in [0.1, 0.15) is 42.1 Å². The minimum atomic E-state index is 0.0785. The Labute approximate surface area is 147 Å². The summed E-state index contributed by atoms with van der Waals surface area (Å²) in [6, 6.07) is 2.23. The first-order valence-electron chi connectivity index (χ1n) is 6.54. The second kappa shape index (κ2) is 6.89. The van der Waals surface area contributed by atoms with E-state index in [1.807, 2.05) is 10.7 Å². The van der Waals surface area contributed by atoms with Gasteiger partial charge in [-0.15, -0.1) is 16.4 Å². The molecule has 1 aliphatic rings. The van der Waals surface area contributed by atoms with E-state index in [2.05, 4.69) is 47.4 Å². The smallest absolute Gasteiger partial charge is 0.210 e. The van der Waals surface area contributed by atoms with Gasteiger partial charge in [-0.3, -0.25) is 4.79 Å². The van der Waals surface area contributed by atoms with E-state index < -0.39 is 0 Å². The molecular weight excluding hydrogens is 440 g/mol. The van der Waals surface area contributed by atoms with Crippen molar-refractivity contribution >= 4 is 60.7 Å². The molecule has 21 heavy (non-hydrogen) atoms. The van der Waals surface area contributed by atoms with Gasteiger partial charge in [-0.2, -0.15) is 0 Å². The Bertz CT molecular complexity index is 651. The third kappa shape index (κ3) is 3.57. The molecule has 0 aliphatic heterocycles. The number of carbonyl (C=O) groups is 1.